The monoisotopic (exact) mass is 408 g/mol. The van der Waals surface area contributed by atoms with E-state index in [2.05, 4.69) is 8.75 Å². The lowest BCUT2D eigenvalue weighted by atomic mass is 10.2. The summed E-state index contributed by atoms with van der Waals surface area (Å²) in [5.41, 5.74) is -0.154. The SMILES string of the molecule is N#Cc1cc(I)c(Oc2nsnc2Cl)c([N+](=O)[O-])c1. The summed E-state index contributed by atoms with van der Waals surface area (Å²) in [6.07, 6.45) is 0. The predicted octanol–water partition coefficient (Wildman–Crippen LogP) is 3.37. The highest BCUT2D eigenvalue weighted by atomic mass is 127. The molecule has 0 amide bonds. The normalized spacial score (nSPS) is 9.95. The molecule has 1 aromatic carbocycles. The lowest BCUT2D eigenvalue weighted by Gasteiger charge is -2.06. The van der Waals surface area contributed by atoms with Gasteiger partial charge in [0.05, 0.1) is 31.9 Å². The molecule has 10 heteroatoms. The van der Waals surface area contributed by atoms with Crippen LogP contribution in [-0.4, -0.2) is 13.7 Å². The van der Waals surface area contributed by atoms with Crippen LogP contribution in [0.3, 0.4) is 0 Å². The molecule has 0 aliphatic heterocycles. The van der Waals surface area contributed by atoms with Crippen molar-refractivity contribution in [2.24, 2.45) is 0 Å². The Hall–Kier alpha value is -1.51. The van der Waals surface area contributed by atoms with Gasteiger partial charge < -0.3 is 4.74 Å². The van der Waals surface area contributed by atoms with Crippen molar-refractivity contribution in [1.82, 2.24) is 8.75 Å². The van der Waals surface area contributed by atoms with Gasteiger partial charge in [0.15, 0.2) is 0 Å². The minimum absolute atomic E-state index is 0.00242. The van der Waals surface area contributed by atoms with Crippen LogP contribution in [0.2, 0.25) is 5.15 Å². The van der Waals surface area contributed by atoms with Gasteiger partial charge in [-0.05, 0) is 28.7 Å². The van der Waals surface area contributed by atoms with Gasteiger partial charge in [-0.1, -0.05) is 11.6 Å². The van der Waals surface area contributed by atoms with E-state index in [-0.39, 0.29) is 28.0 Å². The van der Waals surface area contributed by atoms with Crippen molar-refractivity contribution in [3.05, 3.63) is 36.5 Å². The molecular formula is C9H2ClIN4O3S. The average Bonchev–Trinajstić information content (AvgIpc) is 2.76. The molecule has 0 bridgehead atoms. The summed E-state index contributed by atoms with van der Waals surface area (Å²) in [6.45, 7) is 0. The molecule has 0 unspecified atom stereocenters. The molecule has 0 spiro atoms. The lowest BCUT2D eigenvalue weighted by Crippen LogP contribution is -1.97. The molecule has 0 aliphatic carbocycles. The van der Waals surface area contributed by atoms with Gasteiger partial charge >= 0.3 is 5.69 Å². The van der Waals surface area contributed by atoms with Crippen LogP contribution in [0, 0.1) is 25.0 Å². The van der Waals surface area contributed by atoms with Crippen LogP contribution in [-0.2, 0) is 0 Å². The smallest absolute Gasteiger partial charge is 0.314 e. The second kappa shape index (κ2) is 5.64. The van der Waals surface area contributed by atoms with E-state index in [4.69, 9.17) is 21.6 Å². The number of nitriles is 1. The highest BCUT2D eigenvalue weighted by Crippen LogP contribution is 2.38. The molecule has 0 N–H and O–H groups in total. The minimum Gasteiger partial charge on any atom is -0.427 e. The fourth-order valence-electron chi connectivity index (χ4n) is 1.21. The fraction of sp³-hybridized carbons (Fsp3) is 0. The Labute approximate surface area is 129 Å². The molecule has 0 aliphatic rings. The molecule has 2 rings (SSSR count). The number of hydrogen-bond acceptors (Lipinski definition) is 7. The van der Waals surface area contributed by atoms with Crippen molar-refractivity contribution in [2.45, 2.75) is 0 Å². The van der Waals surface area contributed by atoms with Crippen LogP contribution in [0.4, 0.5) is 5.69 Å². The van der Waals surface area contributed by atoms with Crippen LogP contribution in [0.15, 0.2) is 12.1 Å². The number of nitro benzene ring substituents is 1. The molecule has 0 saturated heterocycles. The van der Waals surface area contributed by atoms with Gasteiger partial charge in [0.2, 0.25) is 10.9 Å². The number of aromatic nitrogens is 2. The van der Waals surface area contributed by atoms with Gasteiger partial charge in [-0.2, -0.15) is 9.64 Å². The third kappa shape index (κ3) is 2.91. The van der Waals surface area contributed by atoms with E-state index in [0.29, 0.717) is 3.57 Å². The zero-order valence-corrected chi connectivity index (χ0v) is 12.6. The van der Waals surface area contributed by atoms with Gasteiger partial charge in [0.1, 0.15) is 0 Å². The van der Waals surface area contributed by atoms with Crippen molar-refractivity contribution in [3.8, 4) is 17.7 Å². The topological polar surface area (TPSA) is 102 Å². The second-order valence-corrected chi connectivity index (χ2v) is 5.19. The third-order valence-corrected chi connectivity index (χ3v) is 3.63. The molecule has 7 nitrogen and oxygen atoms in total. The van der Waals surface area contributed by atoms with E-state index in [1.54, 1.807) is 0 Å². The molecule has 2 aromatic rings. The van der Waals surface area contributed by atoms with Crippen LogP contribution >= 0.6 is 45.9 Å². The van der Waals surface area contributed by atoms with E-state index < -0.39 is 4.92 Å². The first-order valence-corrected chi connectivity index (χ1v) is 6.75. The van der Waals surface area contributed by atoms with Crippen molar-refractivity contribution < 1.29 is 9.66 Å². The van der Waals surface area contributed by atoms with Crippen molar-refractivity contribution >= 4 is 51.6 Å². The van der Waals surface area contributed by atoms with Crippen LogP contribution in [0.1, 0.15) is 5.56 Å². The summed E-state index contributed by atoms with van der Waals surface area (Å²) in [5, 5.41) is 19.8. The van der Waals surface area contributed by atoms with E-state index >= 15 is 0 Å². The fourth-order valence-corrected chi connectivity index (χ4v) is 2.54. The summed E-state index contributed by atoms with van der Waals surface area (Å²) in [7, 11) is 0. The quantitative estimate of drug-likeness (QED) is 0.438. The Morgan fingerprint density at radius 1 is 1.53 bits per heavy atom. The first-order chi connectivity index (χ1) is 9.02. The van der Waals surface area contributed by atoms with Gasteiger partial charge in [-0.3, -0.25) is 10.1 Å². The molecular weight excluding hydrogens is 407 g/mol. The molecule has 96 valence electrons. The number of hydrogen-bond donors (Lipinski definition) is 0. The van der Waals surface area contributed by atoms with Crippen LogP contribution < -0.4 is 4.74 Å². The summed E-state index contributed by atoms with van der Waals surface area (Å²) in [4.78, 5) is 10.4. The van der Waals surface area contributed by atoms with Gasteiger partial charge in [-0.15, -0.1) is 4.37 Å². The molecule has 1 aromatic heterocycles. The second-order valence-electron chi connectivity index (χ2n) is 3.14. The maximum absolute atomic E-state index is 11.0. The lowest BCUT2D eigenvalue weighted by molar-refractivity contribution is -0.385. The van der Waals surface area contributed by atoms with E-state index in [9.17, 15) is 10.1 Å². The largest absolute Gasteiger partial charge is 0.427 e. The molecule has 1 heterocycles. The Bertz CT molecular complexity index is 699. The first kappa shape index (κ1) is 13.9. The summed E-state index contributed by atoms with van der Waals surface area (Å²) in [5.74, 6) is -0.0170. The maximum atomic E-state index is 11.0. The zero-order chi connectivity index (χ0) is 14.0. The van der Waals surface area contributed by atoms with Crippen LogP contribution in [0.25, 0.3) is 0 Å². The van der Waals surface area contributed by atoms with Gasteiger partial charge in [0.25, 0.3) is 5.88 Å². The molecule has 0 saturated carbocycles. The van der Waals surface area contributed by atoms with Crippen molar-refractivity contribution in [1.29, 1.82) is 5.26 Å². The summed E-state index contributed by atoms with van der Waals surface area (Å²) in [6, 6.07) is 4.44. The number of nitrogens with zero attached hydrogens (tertiary/aromatic N) is 4. The van der Waals surface area contributed by atoms with E-state index in [1.807, 2.05) is 28.7 Å². The Morgan fingerprint density at radius 3 is 2.79 bits per heavy atom. The Balaban J connectivity index is 2.53. The number of rotatable bonds is 3. The van der Waals surface area contributed by atoms with Gasteiger partial charge in [-0.25, -0.2) is 0 Å². The number of benzene rings is 1. The van der Waals surface area contributed by atoms with Gasteiger partial charge in [0, 0.05) is 6.07 Å². The third-order valence-electron chi connectivity index (χ3n) is 1.97. The minimum atomic E-state index is -0.633. The van der Waals surface area contributed by atoms with Crippen molar-refractivity contribution in [3.63, 3.8) is 0 Å². The average molecular weight is 409 g/mol. The number of halogens is 2. The predicted molar refractivity (Wildman–Crippen MR) is 75.5 cm³/mol. The Morgan fingerprint density at radius 2 is 2.26 bits per heavy atom. The molecule has 19 heavy (non-hydrogen) atoms. The highest BCUT2D eigenvalue weighted by molar-refractivity contribution is 14.1. The molecule has 0 radical (unpaired) electrons. The first-order valence-electron chi connectivity index (χ1n) is 4.57. The Kier molecular flexibility index (Phi) is 4.13. The van der Waals surface area contributed by atoms with E-state index in [0.717, 1.165) is 17.8 Å². The summed E-state index contributed by atoms with van der Waals surface area (Å²) < 4.78 is 13.2. The number of nitro groups is 1. The highest BCUT2D eigenvalue weighted by Gasteiger charge is 2.23. The van der Waals surface area contributed by atoms with Crippen LogP contribution in [0.5, 0.6) is 11.6 Å². The standard InChI is InChI=1S/C9H2ClIN4O3S/c10-8-9(14-19-13-8)18-7-5(11)1-4(3-12)2-6(7)15(16)17/h1-2H. The molecule has 0 atom stereocenters. The molecule has 0 fully saturated rings. The maximum Gasteiger partial charge on any atom is 0.314 e. The summed E-state index contributed by atoms with van der Waals surface area (Å²) >= 11 is 8.39. The zero-order valence-electron chi connectivity index (χ0n) is 8.83. The number of ether oxygens (including phenoxy) is 1. The van der Waals surface area contributed by atoms with E-state index in [1.165, 1.54) is 6.07 Å². The van der Waals surface area contributed by atoms with Crippen molar-refractivity contribution in [2.75, 3.05) is 0 Å².